The fourth-order valence-electron chi connectivity index (χ4n) is 7.00. The summed E-state index contributed by atoms with van der Waals surface area (Å²) in [5.74, 6) is -6.60. The molecular formula is C46H60N6O16. The molecule has 0 radical (unpaired) electrons. The zero-order valence-corrected chi connectivity index (χ0v) is 39.9. The maximum atomic E-state index is 14.0. The van der Waals surface area contributed by atoms with E-state index in [1.807, 2.05) is 0 Å². The van der Waals surface area contributed by atoms with Gasteiger partial charge in [-0.25, -0.2) is 19.4 Å². The molecule has 2 aromatic carbocycles. The van der Waals surface area contributed by atoms with E-state index in [4.69, 9.17) is 28.4 Å². The van der Waals surface area contributed by atoms with Crippen LogP contribution in [0.5, 0.6) is 11.5 Å². The molecule has 0 saturated carbocycles. The molecule has 68 heavy (non-hydrogen) atoms. The smallest absolute Gasteiger partial charge is 0.407 e. The van der Waals surface area contributed by atoms with Gasteiger partial charge in [0.1, 0.15) is 22.7 Å². The number of carbonyl (C=O) groups is 10. The standard InChI is InChI=1S/C46H60N6O16/c1-27(49-23-35(55)51(36(56)24-49)41(31-15-11-13-17-33(31)63-29(3)53)65-39(59)19-21-47-43(61)67-45(5,6)7)28(2)50-25-37(57)52(38(58)26-50)42(32-16-12-14-18-34(32)64-30(4)54)66-40(60)20-22-48-44(62)68-46(8,9)10/h11-18,27-28,41-42H,19-26H2,1-10H3,(H,47,61)(H,48,62). The number of esters is 4. The normalized spacial score (nSPS) is 16.7. The molecule has 4 rings (SSSR count). The number of hydrogen-bond acceptors (Lipinski definition) is 18. The quantitative estimate of drug-likeness (QED) is 0.0997. The van der Waals surface area contributed by atoms with Crippen LogP contribution in [0.3, 0.4) is 0 Å². The predicted molar refractivity (Wildman–Crippen MR) is 237 cm³/mol. The Hall–Kier alpha value is -6.94. The Morgan fingerprint density at radius 2 is 0.853 bits per heavy atom. The van der Waals surface area contributed by atoms with E-state index in [0.717, 1.165) is 23.6 Å². The highest BCUT2D eigenvalue weighted by molar-refractivity contribution is 6.01. The van der Waals surface area contributed by atoms with E-state index in [2.05, 4.69) is 10.6 Å². The van der Waals surface area contributed by atoms with E-state index in [-0.39, 0.29) is 48.6 Å². The molecule has 2 fully saturated rings. The zero-order valence-electron chi connectivity index (χ0n) is 39.9. The van der Waals surface area contributed by atoms with Gasteiger partial charge in [-0.05, 0) is 79.7 Å². The van der Waals surface area contributed by atoms with Gasteiger partial charge in [0, 0.05) is 39.0 Å². The van der Waals surface area contributed by atoms with E-state index in [1.165, 1.54) is 58.3 Å². The second-order valence-corrected chi connectivity index (χ2v) is 17.9. The monoisotopic (exact) mass is 952 g/mol. The van der Waals surface area contributed by atoms with Crippen LogP contribution in [0.4, 0.5) is 9.59 Å². The fraction of sp³-hybridized carbons (Fsp3) is 0.522. The lowest BCUT2D eigenvalue weighted by molar-refractivity contribution is -0.181. The number of carbonyl (C=O) groups excluding carboxylic acids is 10. The van der Waals surface area contributed by atoms with Crippen molar-refractivity contribution in [2.75, 3.05) is 39.3 Å². The first kappa shape index (κ1) is 53.7. The van der Waals surface area contributed by atoms with Crippen LogP contribution in [0.25, 0.3) is 0 Å². The van der Waals surface area contributed by atoms with E-state index < -0.39 is 122 Å². The lowest BCUT2D eigenvalue weighted by Gasteiger charge is -2.44. The molecule has 0 aromatic heterocycles. The molecule has 0 spiro atoms. The van der Waals surface area contributed by atoms with Gasteiger partial charge in [0.15, 0.2) is 0 Å². The van der Waals surface area contributed by atoms with Crippen molar-refractivity contribution in [3.63, 3.8) is 0 Å². The van der Waals surface area contributed by atoms with E-state index in [9.17, 15) is 47.9 Å². The Bertz CT molecular complexity index is 2060. The molecule has 2 aliphatic rings. The summed E-state index contributed by atoms with van der Waals surface area (Å²) in [6.45, 7) is 13.7. The molecule has 2 aromatic rings. The van der Waals surface area contributed by atoms with Crippen molar-refractivity contribution >= 4 is 59.7 Å². The van der Waals surface area contributed by atoms with Gasteiger partial charge < -0.3 is 39.1 Å². The summed E-state index contributed by atoms with van der Waals surface area (Å²) < 4.78 is 32.5. The van der Waals surface area contributed by atoms with Gasteiger partial charge in [-0.2, -0.15) is 0 Å². The molecule has 2 heterocycles. The summed E-state index contributed by atoms with van der Waals surface area (Å²) in [6.07, 6.45) is -5.71. The number of amides is 6. The summed E-state index contributed by atoms with van der Waals surface area (Å²) in [7, 11) is 0. The molecule has 2 N–H and O–H groups in total. The number of nitrogens with zero attached hydrogens (tertiary/aromatic N) is 4. The third kappa shape index (κ3) is 15.6. The fourth-order valence-corrected chi connectivity index (χ4v) is 7.00. The van der Waals surface area contributed by atoms with E-state index in [0.29, 0.717) is 0 Å². The van der Waals surface area contributed by atoms with Gasteiger partial charge in [0.25, 0.3) is 0 Å². The summed E-state index contributed by atoms with van der Waals surface area (Å²) >= 11 is 0. The minimum Gasteiger partial charge on any atom is -0.444 e. The first-order chi connectivity index (χ1) is 31.7. The molecule has 0 bridgehead atoms. The van der Waals surface area contributed by atoms with Gasteiger partial charge in [0.05, 0.1) is 50.1 Å². The van der Waals surface area contributed by atoms with Gasteiger partial charge in [0.2, 0.25) is 36.1 Å². The van der Waals surface area contributed by atoms with Crippen LogP contribution in [-0.2, 0) is 57.3 Å². The SMILES string of the molecule is CC(=O)Oc1ccccc1C(OC(=O)CCNC(=O)OC(C)(C)C)N1C(=O)CN(C(C)C(C)N2CC(=O)N(C(OC(=O)CCNC(=O)OC(C)(C)C)c3ccccc3OC(C)=O)C(=O)C2)CC1=O. The van der Waals surface area contributed by atoms with E-state index in [1.54, 1.807) is 55.4 Å². The molecule has 22 nitrogen and oxygen atoms in total. The Morgan fingerprint density at radius 3 is 1.15 bits per heavy atom. The molecule has 4 atom stereocenters. The zero-order chi connectivity index (χ0) is 50.7. The lowest BCUT2D eigenvalue weighted by atomic mass is 10.0. The Balaban J connectivity index is 1.51. The topological polar surface area (TPSA) is 263 Å². The predicted octanol–water partition coefficient (Wildman–Crippen LogP) is 3.27. The van der Waals surface area contributed by atoms with Gasteiger partial charge in [-0.1, -0.05) is 24.3 Å². The number of nitrogens with one attached hydrogen (secondary N) is 2. The summed E-state index contributed by atoms with van der Waals surface area (Å²) in [5.41, 5.74) is -1.57. The van der Waals surface area contributed by atoms with Crippen LogP contribution in [-0.4, -0.2) is 142 Å². The highest BCUT2D eigenvalue weighted by Crippen LogP contribution is 2.35. The molecule has 2 saturated heterocycles. The molecular weight excluding hydrogens is 893 g/mol. The number of imide groups is 2. The number of piperazine rings is 2. The maximum Gasteiger partial charge on any atom is 0.407 e. The molecule has 22 heteroatoms. The highest BCUT2D eigenvalue weighted by Gasteiger charge is 2.45. The Labute approximate surface area is 393 Å². The molecule has 4 unspecified atom stereocenters. The number of para-hydroxylation sites is 2. The number of benzene rings is 2. The van der Waals surface area contributed by atoms with Crippen molar-refractivity contribution in [1.82, 2.24) is 30.2 Å². The van der Waals surface area contributed by atoms with Crippen molar-refractivity contribution in [3.8, 4) is 11.5 Å². The number of alkyl carbamates (subject to hydrolysis) is 2. The van der Waals surface area contributed by atoms with Crippen LogP contribution >= 0.6 is 0 Å². The number of ether oxygens (including phenoxy) is 6. The van der Waals surface area contributed by atoms with Crippen LogP contribution in [0.1, 0.15) is 106 Å². The van der Waals surface area contributed by atoms with E-state index >= 15 is 0 Å². The summed E-state index contributed by atoms with van der Waals surface area (Å²) in [5, 5.41) is 4.88. The van der Waals surface area contributed by atoms with Crippen molar-refractivity contribution in [1.29, 1.82) is 0 Å². The average molecular weight is 953 g/mol. The summed E-state index contributed by atoms with van der Waals surface area (Å²) in [6, 6.07) is 10.4. The first-order valence-corrected chi connectivity index (χ1v) is 21.8. The van der Waals surface area contributed by atoms with Crippen molar-refractivity contribution in [3.05, 3.63) is 59.7 Å². The van der Waals surface area contributed by atoms with Crippen LogP contribution < -0.4 is 20.1 Å². The second-order valence-electron chi connectivity index (χ2n) is 17.9. The van der Waals surface area contributed by atoms with Crippen LogP contribution in [0.15, 0.2) is 48.5 Å². The molecule has 0 aliphatic carbocycles. The van der Waals surface area contributed by atoms with Crippen molar-refractivity contribution < 1.29 is 76.4 Å². The Kier molecular flexibility index (Phi) is 18.3. The third-order valence-electron chi connectivity index (χ3n) is 10.1. The first-order valence-electron chi connectivity index (χ1n) is 21.8. The average Bonchev–Trinajstić information content (AvgIpc) is 3.20. The minimum absolute atomic E-state index is 0.0135. The second kappa shape index (κ2) is 23.2. The summed E-state index contributed by atoms with van der Waals surface area (Å²) in [4.78, 5) is 136. The third-order valence-corrected chi connectivity index (χ3v) is 10.1. The van der Waals surface area contributed by atoms with Gasteiger partial charge >= 0.3 is 36.1 Å². The molecule has 370 valence electrons. The van der Waals surface area contributed by atoms with Crippen molar-refractivity contribution in [2.24, 2.45) is 0 Å². The van der Waals surface area contributed by atoms with Crippen LogP contribution in [0.2, 0.25) is 0 Å². The lowest BCUT2D eigenvalue weighted by Crippen LogP contribution is -2.63. The highest BCUT2D eigenvalue weighted by atomic mass is 16.6. The van der Waals surface area contributed by atoms with Crippen molar-refractivity contribution in [2.45, 2.75) is 118 Å². The van der Waals surface area contributed by atoms with Gasteiger partial charge in [-0.15, -0.1) is 0 Å². The minimum atomic E-state index is -1.69. The Morgan fingerprint density at radius 1 is 0.544 bits per heavy atom. The molecule has 6 amide bonds. The maximum absolute atomic E-state index is 14.0. The largest absolute Gasteiger partial charge is 0.444 e. The molecule has 2 aliphatic heterocycles. The number of rotatable bonds is 17. The van der Waals surface area contributed by atoms with Crippen LogP contribution in [0, 0.1) is 0 Å². The number of hydrogen-bond donors (Lipinski definition) is 2. The van der Waals surface area contributed by atoms with Gasteiger partial charge in [-0.3, -0.25) is 48.2 Å².